The molecular formula is C15H23N3O2. The minimum Gasteiger partial charge on any atom is -0.350 e. The summed E-state index contributed by atoms with van der Waals surface area (Å²) in [6.45, 7) is 0. The van der Waals surface area contributed by atoms with Crippen LogP contribution >= 0.6 is 0 Å². The van der Waals surface area contributed by atoms with Gasteiger partial charge in [-0.15, -0.1) is 0 Å². The molecule has 5 nitrogen and oxygen atoms in total. The summed E-state index contributed by atoms with van der Waals surface area (Å²) < 4.78 is 0. The highest BCUT2D eigenvalue weighted by atomic mass is 16.2. The molecule has 0 aromatic carbocycles. The average Bonchev–Trinajstić information content (AvgIpc) is 2.48. The lowest BCUT2D eigenvalue weighted by atomic mass is 9.43. The van der Waals surface area contributed by atoms with Crippen molar-refractivity contribution in [2.24, 2.45) is 21.7 Å². The maximum Gasteiger partial charge on any atom is 0.332 e. The quantitative estimate of drug-likeness (QED) is 0.722. The van der Waals surface area contributed by atoms with E-state index in [1.54, 1.807) is 0 Å². The molecule has 20 heavy (non-hydrogen) atoms. The molecule has 2 spiro atoms. The third-order valence-corrected chi connectivity index (χ3v) is 5.47. The number of rotatable bonds is 1. The number of hydrazone groups is 1. The van der Waals surface area contributed by atoms with Crippen LogP contribution in [0.2, 0.25) is 0 Å². The van der Waals surface area contributed by atoms with Gasteiger partial charge in [0.2, 0.25) is 0 Å². The fraction of sp³-hybridized carbons (Fsp3) is 0.800. The van der Waals surface area contributed by atoms with Crippen LogP contribution in [0.25, 0.3) is 0 Å². The standard InChI is InChI=1S/C15H23N3O2/c16-13(20)18-17-11-14(7-3-1-4-8-14)12(19)15(11)9-5-2-6-10-15/h1-10H2,(H3,16,18,20). The predicted octanol–water partition coefficient (Wildman–Crippen LogP) is 2.49. The Bertz CT molecular complexity index is 428. The van der Waals surface area contributed by atoms with E-state index in [4.69, 9.17) is 5.73 Å². The summed E-state index contributed by atoms with van der Waals surface area (Å²) in [5, 5.41) is 4.30. The van der Waals surface area contributed by atoms with Crippen molar-refractivity contribution in [3.8, 4) is 0 Å². The fourth-order valence-electron chi connectivity index (χ4n) is 4.63. The molecule has 0 heterocycles. The topological polar surface area (TPSA) is 84.6 Å². The monoisotopic (exact) mass is 277 g/mol. The first kappa shape index (κ1) is 13.6. The van der Waals surface area contributed by atoms with Crippen LogP contribution in [0.15, 0.2) is 5.10 Å². The second-order valence-corrected chi connectivity index (χ2v) is 6.55. The van der Waals surface area contributed by atoms with Gasteiger partial charge in [0.05, 0.1) is 16.5 Å². The summed E-state index contributed by atoms with van der Waals surface area (Å²) in [4.78, 5) is 23.9. The smallest absolute Gasteiger partial charge is 0.332 e. The minimum atomic E-state index is -0.645. The third-order valence-electron chi connectivity index (χ3n) is 5.47. The van der Waals surface area contributed by atoms with E-state index >= 15 is 0 Å². The molecule has 0 unspecified atom stereocenters. The van der Waals surface area contributed by atoms with Gasteiger partial charge < -0.3 is 5.73 Å². The van der Waals surface area contributed by atoms with Crippen molar-refractivity contribution in [1.29, 1.82) is 0 Å². The molecule has 3 fully saturated rings. The van der Waals surface area contributed by atoms with Gasteiger partial charge in [0.25, 0.3) is 0 Å². The van der Waals surface area contributed by atoms with Gasteiger partial charge in [0, 0.05) is 0 Å². The van der Waals surface area contributed by atoms with Gasteiger partial charge in [-0.3, -0.25) is 4.79 Å². The van der Waals surface area contributed by atoms with Crippen LogP contribution in [0.1, 0.15) is 64.2 Å². The zero-order valence-corrected chi connectivity index (χ0v) is 11.9. The number of carbonyl (C=O) groups is 2. The minimum absolute atomic E-state index is 0.377. The average molecular weight is 277 g/mol. The SMILES string of the molecule is NC(=O)NN=C1C2(CCCCC2)C(=O)C12CCCCC2. The number of ketones is 1. The van der Waals surface area contributed by atoms with Gasteiger partial charge in [-0.25, -0.2) is 10.2 Å². The van der Waals surface area contributed by atoms with Gasteiger partial charge >= 0.3 is 6.03 Å². The molecular weight excluding hydrogens is 254 g/mol. The van der Waals surface area contributed by atoms with Crippen molar-refractivity contribution in [1.82, 2.24) is 5.43 Å². The highest BCUT2D eigenvalue weighted by Crippen LogP contribution is 2.60. The molecule has 3 rings (SSSR count). The number of urea groups is 1. The van der Waals surface area contributed by atoms with Crippen LogP contribution in [0.5, 0.6) is 0 Å². The van der Waals surface area contributed by atoms with Crippen LogP contribution in [0, 0.1) is 10.8 Å². The van der Waals surface area contributed by atoms with E-state index in [-0.39, 0.29) is 10.8 Å². The third kappa shape index (κ3) is 1.79. The van der Waals surface area contributed by atoms with Crippen LogP contribution in [0.4, 0.5) is 4.79 Å². The van der Waals surface area contributed by atoms with Gasteiger partial charge in [-0.1, -0.05) is 38.5 Å². The van der Waals surface area contributed by atoms with Crippen LogP contribution in [-0.2, 0) is 4.79 Å². The Morgan fingerprint density at radius 3 is 1.80 bits per heavy atom. The Labute approximate surface area is 119 Å². The van der Waals surface area contributed by atoms with Crippen LogP contribution in [-0.4, -0.2) is 17.5 Å². The second-order valence-electron chi connectivity index (χ2n) is 6.55. The highest BCUT2D eigenvalue weighted by molar-refractivity contribution is 6.33. The molecule has 0 aromatic heterocycles. The number of Topliss-reactive ketones (excluding diaryl/α,β-unsaturated/α-hetero) is 1. The number of nitrogens with one attached hydrogen (secondary N) is 1. The molecule has 0 saturated heterocycles. The van der Waals surface area contributed by atoms with Gasteiger partial charge in [-0.2, -0.15) is 5.10 Å². The number of carbonyl (C=O) groups excluding carboxylic acids is 2. The lowest BCUT2D eigenvalue weighted by Gasteiger charge is -2.58. The summed E-state index contributed by atoms with van der Waals surface area (Å²) in [6.07, 6.45) is 10.3. The molecule has 3 saturated carbocycles. The molecule has 3 N–H and O–H groups in total. The van der Waals surface area contributed by atoms with E-state index in [0.717, 1.165) is 57.1 Å². The van der Waals surface area contributed by atoms with E-state index in [0.29, 0.717) is 5.78 Å². The summed E-state index contributed by atoms with van der Waals surface area (Å²) >= 11 is 0. The first-order chi connectivity index (χ1) is 9.62. The Morgan fingerprint density at radius 1 is 0.950 bits per heavy atom. The highest BCUT2D eigenvalue weighted by Gasteiger charge is 2.68. The van der Waals surface area contributed by atoms with E-state index in [1.807, 2.05) is 0 Å². The van der Waals surface area contributed by atoms with Crippen molar-refractivity contribution >= 4 is 17.5 Å². The number of hydrogen-bond acceptors (Lipinski definition) is 3. The molecule has 0 bridgehead atoms. The molecule has 110 valence electrons. The Balaban J connectivity index is 1.93. The normalized spacial score (nSPS) is 27.2. The summed E-state index contributed by atoms with van der Waals surface area (Å²) in [7, 11) is 0. The van der Waals surface area contributed by atoms with Gasteiger partial charge in [0.1, 0.15) is 0 Å². The van der Waals surface area contributed by atoms with Crippen molar-refractivity contribution in [3.63, 3.8) is 0 Å². The maximum absolute atomic E-state index is 12.9. The van der Waals surface area contributed by atoms with Crippen molar-refractivity contribution in [3.05, 3.63) is 0 Å². The molecule has 0 radical (unpaired) electrons. The Hall–Kier alpha value is -1.39. The summed E-state index contributed by atoms with van der Waals surface area (Å²) in [5.41, 5.74) is 7.72. The van der Waals surface area contributed by atoms with Crippen molar-refractivity contribution in [2.75, 3.05) is 0 Å². The predicted molar refractivity (Wildman–Crippen MR) is 76.2 cm³/mol. The van der Waals surface area contributed by atoms with E-state index < -0.39 is 6.03 Å². The second kappa shape index (κ2) is 4.86. The van der Waals surface area contributed by atoms with Crippen LogP contribution in [0.3, 0.4) is 0 Å². The fourth-order valence-corrected chi connectivity index (χ4v) is 4.63. The van der Waals surface area contributed by atoms with Gasteiger partial charge in [-0.05, 0) is 25.7 Å². The number of primary amides is 1. The first-order valence-corrected chi connectivity index (χ1v) is 7.81. The maximum atomic E-state index is 12.9. The largest absolute Gasteiger partial charge is 0.350 e. The number of amides is 2. The van der Waals surface area contributed by atoms with Crippen molar-refractivity contribution in [2.45, 2.75) is 64.2 Å². The summed E-state index contributed by atoms with van der Waals surface area (Å²) in [5.74, 6) is 0.398. The Kier molecular flexibility index (Phi) is 3.30. The number of nitrogens with zero attached hydrogens (tertiary/aromatic N) is 1. The first-order valence-electron chi connectivity index (χ1n) is 7.81. The van der Waals surface area contributed by atoms with E-state index in [2.05, 4.69) is 10.5 Å². The molecule has 3 aliphatic rings. The zero-order valence-electron chi connectivity index (χ0n) is 11.9. The number of hydrogen-bond donors (Lipinski definition) is 2. The molecule has 0 atom stereocenters. The zero-order chi connectivity index (χ0) is 14.2. The van der Waals surface area contributed by atoms with Crippen molar-refractivity contribution < 1.29 is 9.59 Å². The molecule has 2 amide bonds. The van der Waals surface area contributed by atoms with Crippen LogP contribution < -0.4 is 11.2 Å². The lowest BCUT2D eigenvalue weighted by molar-refractivity contribution is -0.142. The summed E-state index contributed by atoms with van der Waals surface area (Å²) in [6, 6.07) is -0.645. The van der Waals surface area contributed by atoms with E-state index in [9.17, 15) is 9.59 Å². The Morgan fingerprint density at radius 2 is 1.40 bits per heavy atom. The molecule has 3 aliphatic carbocycles. The number of nitrogens with two attached hydrogens (primary N) is 1. The lowest BCUT2D eigenvalue weighted by Crippen LogP contribution is -2.68. The molecule has 0 aromatic rings. The van der Waals surface area contributed by atoms with Gasteiger partial charge in [0.15, 0.2) is 5.78 Å². The molecule has 5 heteroatoms. The van der Waals surface area contributed by atoms with E-state index in [1.165, 1.54) is 12.8 Å². The molecule has 0 aliphatic heterocycles.